The molecule has 1 aromatic carbocycles. The van der Waals surface area contributed by atoms with Gasteiger partial charge in [-0.2, -0.15) is 23.5 Å². The quantitative estimate of drug-likeness (QED) is 0.720. The van der Waals surface area contributed by atoms with Crippen LogP contribution in [0.3, 0.4) is 0 Å². The number of carbonyl (C=O) groups excluding carboxylic acids is 2. The number of halogens is 4. The molecule has 1 atom stereocenters. The van der Waals surface area contributed by atoms with E-state index in [0.717, 1.165) is 5.01 Å². The number of amides is 2. The molecule has 32 heavy (non-hydrogen) atoms. The van der Waals surface area contributed by atoms with Crippen LogP contribution < -0.4 is 15.6 Å². The van der Waals surface area contributed by atoms with E-state index < -0.39 is 36.2 Å². The number of aryl methyl sites for hydroxylation is 1. The molecule has 8 nitrogen and oxygen atoms in total. The molecule has 2 aromatic rings. The highest BCUT2D eigenvalue weighted by atomic mass is 35.5. The summed E-state index contributed by atoms with van der Waals surface area (Å²) in [4.78, 5) is 29.3. The highest BCUT2D eigenvalue weighted by Gasteiger charge is 2.46. The third kappa shape index (κ3) is 4.50. The van der Waals surface area contributed by atoms with E-state index in [1.807, 2.05) is 6.07 Å². The van der Waals surface area contributed by atoms with Gasteiger partial charge in [0.2, 0.25) is 5.91 Å². The molecule has 0 spiro atoms. The Kier molecular flexibility index (Phi) is 6.36. The van der Waals surface area contributed by atoms with Crippen LogP contribution in [0.1, 0.15) is 27.9 Å². The van der Waals surface area contributed by atoms with Crippen molar-refractivity contribution in [1.82, 2.24) is 10.3 Å². The van der Waals surface area contributed by atoms with Crippen LogP contribution in [0, 0.1) is 18.3 Å². The molecule has 0 saturated heterocycles. The topological polar surface area (TPSA) is 110 Å². The second kappa shape index (κ2) is 8.84. The fourth-order valence-electron chi connectivity index (χ4n) is 3.17. The summed E-state index contributed by atoms with van der Waals surface area (Å²) >= 11 is 6.07. The Balaban J connectivity index is 2.01. The highest BCUT2D eigenvalue weighted by Crippen LogP contribution is 2.34. The molecular formula is C20H16ClF3N6O2. The van der Waals surface area contributed by atoms with Crippen molar-refractivity contribution in [3.8, 4) is 6.07 Å². The van der Waals surface area contributed by atoms with E-state index in [0.29, 0.717) is 5.56 Å². The summed E-state index contributed by atoms with van der Waals surface area (Å²) in [6.07, 6.45) is -4.19. The number of aromatic nitrogens is 1. The van der Waals surface area contributed by atoms with Crippen molar-refractivity contribution >= 4 is 40.6 Å². The van der Waals surface area contributed by atoms with E-state index >= 15 is 0 Å². The Morgan fingerprint density at radius 3 is 2.66 bits per heavy atom. The summed E-state index contributed by atoms with van der Waals surface area (Å²) in [7, 11) is 1.37. The Labute approximate surface area is 185 Å². The second-order valence-corrected chi connectivity index (χ2v) is 7.22. The van der Waals surface area contributed by atoms with Crippen molar-refractivity contribution in [2.75, 3.05) is 17.4 Å². The number of pyridine rings is 1. The monoisotopic (exact) mass is 464 g/mol. The van der Waals surface area contributed by atoms with Gasteiger partial charge < -0.3 is 10.6 Å². The lowest BCUT2D eigenvalue weighted by Gasteiger charge is -2.23. The van der Waals surface area contributed by atoms with E-state index in [-0.39, 0.29) is 27.7 Å². The summed E-state index contributed by atoms with van der Waals surface area (Å²) in [6, 6.07) is 6.11. The number of hydrazone groups is 1. The van der Waals surface area contributed by atoms with Crippen LogP contribution in [-0.4, -0.2) is 41.8 Å². The molecule has 0 fully saturated rings. The number of benzene rings is 1. The Bertz CT molecular complexity index is 1160. The first kappa shape index (κ1) is 23.0. The van der Waals surface area contributed by atoms with Crippen molar-refractivity contribution in [2.24, 2.45) is 5.10 Å². The molecular weight excluding hydrogens is 449 g/mol. The standard InChI is InChI=1S/C20H16ClF3N6O2/c1-10-6-11(9-25)7-12(18(31)26-2)16(10)28-19(32)14-8-15(20(22,23)24)29-30(14)17-13(21)4-3-5-27-17/h3-7,14H,8H2,1-2H3,(H,26,31)(H,28,32). The average Bonchev–Trinajstić information content (AvgIpc) is 3.20. The van der Waals surface area contributed by atoms with Gasteiger partial charge in [0, 0.05) is 19.7 Å². The Morgan fingerprint density at radius 1 is 1.34 bits per heavy atom. The summed E-state index contributed by atoms with van der Waals surface area (Å²) in [5, 5.41) is 18.5. The SMILES string of the molecule is CNC(=O)c1cc(C#N)cc(C)c1NC(=O)C1CC(C(F)(F)F)=NN1c1ncccc1Cl. The molecule has 0 saturated carbocycles. The van der Waals surface area contributed by atoms with Crippen molar-refractivity contribution in [2.45, 2.75) is 25.6 Å². The van der Waals surface area contributed by atoms with Gasteiger partial charge in [-0.3, -0.25) is 9.59 Å². The highest BCUT2D eigenvalue weighted by molar-refractivity contribution is 6.33. The lowest BCUT2D eigenvalue weighted by molar-refractivity contribution is -0.117. The predicted octanol–water partition coefficient (Wildman–Crippen LogP) is 3.41. The first-order chi connectivity index (χ1) is 15.1. The van der Waals surface area contributed by atoms with Gasteiger partial charge in [0.25, 0.3) is 5.91 Å². The van der Waals surface area contributed by atoms with Crippen molar-refractivity contribution in [3.05, 3.63) is 52.2 Å². The summed E-state index contributed by atoms with van der Waals surface area (Å²) in [6.45, 7) is 1.56. The maximum atomic E-state index is 13.4. The summed E-state index contributed by atoms with van der Waals surface area (Å²) in [5.41, 5.74) is -0.531. The summed E-state index contributed by atoms with van der Waals surface area (Å²) < 4.78 is 40.1. The van der Waals surface area contributed by atoms with Gasteiger partial charge in [-0.15, -0.1) is 0 Å². The van der Waals surface area contributed by atoms with Gasteiger partial charge in [0.1, 0.15) is 11.8 Å². The maximum Gasteiger partial charge on any atom is 0.431 e. The largest absolute Gasteiger partial charge is 0.431 e. The molecule has 2 N–H and O–H groups in total. The molecule has 0 radical (unpaired) electrons. The fourth-order valence-corrected chi connectivity index (χ4v) is 3.37. The van der Waals surface area contributed by atoms with Gasteiger partial charge in [0.15, 0.2) is 5.82 Å². The number of anilines is 2. The van der Waals surface area contributed by atoms with E-state index in [4.69, 9.17) is 16.9 Å². The molecule has 1 aromatic heterocycles. The number of rotatable bonds is 4. The number of nitrogens with zero attached hydrogens (tertiary/aromatic N) is 4. The first-order valence-corrected chi connectivity index (χ1v) is 9.56. The van der Waals surface area contributed by atoms with Crippen LogP contribution in [0.2, 0.25) is 5.02 Å². The molecule has 0 aliphatic carbocycles. The van der Waals surface area contributed by atoms with Crippen molar-refractivity contribution in [1.29, 1.82) is 5.26 Å². The van der Waals surface area contributed by atoms with Gasteiger partial charge in [-0.05, 0) is 36.8 Å². The number of hydrogen-bond donors (Lipinski definition) is 2. The minimum atomic E-state index is -4.76. The molecule has 1 aliphatic rings. The Morgan fingerprint density at radius 2 is 2.06 bits per heavy atom. The van der Waals surface area contributed by atoms with Crippen LogP contribution >= 0.6 is 11.6 Å². The smallest absolute Gasteiger partial charge is 0.355 e. The number of alkyl halides is 3. The van der Waals surface area contributed by atoms with E-state index in [2.05, 4.69) is 20.7 Å². The molecule has 0 bridgehead atoms. The lowest BCUT2D eigenvalue weighted by atomic mass is 10.0. The second-order valence-electron chi connectivity index (χ2n) is 6.81. The van der Waals surface area contributed by atoms with E-state index in [1.165, 1.54) is 37.5 Å². The van der Waals surface area contributed by atoms with Crippen LogP contribution in [0.4, 0.5) is 24.7 Å². The molecule has 1 unspecified atom stereocenters. The lowest BCUT2D eigenvalue weighted by Crippen LogP contribution is -2.40. The number of carbonyl (C=O) groups is 2. The van der Waals surface area contributed by atoms with Crippen molar-refractivity contribution in [3.63, 3.8) is 0 Å². The molecule has 12 heteroatoms. The van der Waals surface area contributed by atoms with Crippen LogP contribution in [0.25, 0.3) is 0 Å². The minimum absolute atomic E-state index is 0.00483. The average molecular weight is 465 g/mol. The molecule has 1 aliphatic heterocycles. The van der Waals surface area contributed by atoms with Gasteiger partial charge in [0.05, 0.1) is 27.9 Å². The fraction of sp³-hybridized carbons (Fsp3) is 0.250. The molecule has 2 heterocycles. The maximum absolute atomic E-state index is 13.4. The molecule has 166 valence electrons. The number of nitriles is 1. The van der Waals surface area contributed by atoms with Crippen LogP contribution in [-0.2, 0) is 4.79 Å². The van der Waals surface area contributed by atoms with Crippen molar-refractivity contribution < 1.29 is 22.8 Å². The minimum Gasteiger partial charge on any atom is -0.355 e. The third-order valence-electron chi connectivity index (χ3n) is 4.68. The van der Waals surface area contributed by atoms with Gasteiger partial charge >= 0.3 is 6.18 Å². The zero-order valence-corrected chi connectivity index (χ0v) is 17.5. The molecule has 2 amide bonds. The number of nitrogens with one attached hydrogen (secondary N) is 2. The zero-order chi connectivity index (χ0) is 23.6. The zero-order valence-electron chi connectivity index (χ0n) is 16.8. The van der Waals surface area contributed by atoms with Gasteiger partial charge in [-0.25, -0.2) is 9.99 Å². The summed E-state index contributed by atoms with van der Waals surface area (Å²) in [5.74, 6) is -1.55. The number of hydrogen-bond acceptors (Lipinski definition) is 6. The molecule has 3 rings (SSSR count). The first-order valence-electron chi connectivity index (χ1n) is 9.19. The van der Waals surface area contributed by atoms with Crippen LogP contribution in [0.15, 0.2) is 35.6 Å². The Hall–Kier alpha value is -3.65. The van der Waals surface area contributed by atoms with E-state index in [1.54, 1.807) is 6.92 Å². The third-order valence-corrected chi connectivity index (χ3v) is 4.98. The normalized spacial score (nSPS) is 15.7. The van der Waals surface area contributed by atoms with Crippen LogP contribution in [0.5, 0.6) is 0 Å². The van der Waals surface area contributed by atoms with Gasteiger partial charge in [-0.1, -0.05) is 11.6 Å². The van der Waals surface area contributed by atoms with E-state index in [9.17, 15) is 22.8 Å². The predicted molar refractivity (Wildman–Crippen MR) is 112 cm³/mol.